The summed E-state index contributed by atoms with van der Waals surface area (Å²) in [6, 6.07) is 5.87. The normalized spacial score (nSPS) is 25.5. The molecule has 2 unspecified atom stereocenters. The number of benzene rings is 1. The molecule has 0 radical (unpaired) electrons. The van der Waals surface area contributed by atoms with Crippen LogP contribution in [-0.4, -0.2) is 12.6 Å². The first-order valence-corrected chi connectivity index (χ1v) is 7.38. The Morgan fingerprint density at radius 3 is 2.62 bits per heavy atom. The van der Waals surface area contributed by atoms with E-state index in [2.05, 4.69) is 4.90 Å². The Hall–Kier alpha value is -1.70. The highest BCUT2D eigenvalue weighted by molar-refractivity contribution is 5.62. The number of hydrogen-bond acceptors (Lipinski definition) is 2. The average Bonchev–Trinajstić information content (AvgIpc) is 2.89. The highest BCUT2D eigenvalue weighted by atomic mass is 19.4. The second-order valence-corrected chi connectivity index (χ2v) is 5.94. The molecule has 1 saturated carbocycles. The van der Waals surface area contributed by atoms with Crippen molar-refractivity contribution in [3.8, 4) is 6.07 Å². The summed E-state index contributed by atoms with van der Waals surface area (Å²) in [4.78, 5) is 2.16. The molecule has 21 heavy (non-hydrogen) atoms. The third-order valence-electron chi connectivity index (χ3n) is 4.76. The van der Waals surface area contributed by atoms with Gasteiger partial charge in [0.15, 0.2) is 0 Å². The summed E-state index contributed by atoms with van der Waals surface area (Å²) in [5.74, 6) is 0.632. The molecule has 5 heteroatoms. The van der Waals surface area contributed by atoms with Crippen molar-refractivity contribution in [3.63, 3.8) is 0 Å². The van der Waals surface area contributed by atoms with Crippen LogP contribution in [0.5, 0.6) is 0 Å². The fourth-order valence-corrected chi connectivity index (χ4v) is 3.76. The van der Waals surface area contributed by atoms with E-state index >= 15 is 0 Å². The smallest absolute Gasteiger partial charge is 0.367 e. The molecule has 1 aromatic carbocycles. The van der Waals surface area contributed by atoms with Gasteiger partial charge in [-0.3, -0.25) is 0 Å². The van der Waals surface area contributed by atoms with Crippen molar-refractivity contribution in [1.82, 2.24) is 0 Å². The predicted molar refractivity (Wildman–Crippen MR) is 73.9 cm³/mol. The lowest BCUT2D eigenvalue weighted by atomic mass is 9.85. The molecule has 2 nitrogen and oxygen atoms in total. The van der Waals surface area contributed by atoms with E-state index in [0.29, 0.717) is 17.6 Å². The third-order valence-corrected chi connectivity index (χ3v) is 4.76. The van der Waals surface area contributed by atoms with Gasteiger partial charge in [-0.15, -0.1) is 0 Å². The molecule has 1 saturated heterocycles. The van der Waals surface area contributed by atoms with Gasteiger partial charge in [-0.05, 0) is 43.4 Å². The second-order valence-electron chi connectivity index (χ2n) is 5.94. The van der Waals surface area contributed by atoms with E-state index in [1.807, 2.05) is 6.07 Å². The van der Waals surface area contributed by atoms with Crippen LogP contribution in [0.3, 0.4) is 0 Å². The van der Waals surface area contributed by atoms with Gasteiger partial charge in [-0.1, -0.05) is 12.8 Å². The van der Waals surface area contributed by atoms with Crippen molar-refractivity contribution in [1.29, 1.82) is 5.26 Å². The summed E-state index contributed by atoms with van der Waals surface area (Å²) >= 11 is 0. The number of anilines is 1. The van der Waals surface area contributed by atoms with E-state index in [4.69, 9.17) is 0 Å². The molecule has 0 amide bonds. The molecule has 2 atom stereocenters. The number of fused-ring (bicyclic) bond motifs is 1. The van der Waals surface area contributed by atoms with E-state index in [1.165, 1.54) is 25.3 Å². The van der Waals surface area contributed by atoms with E-state index in [1.54, 1.807) is 0 Å². The van der Waals surface area contributed by atoms with Crippen LogP contribution in [0.15, 0.2) is 18.2 Å². The number of nitriles is 1. The van der Waals surface area contributed by atoms with Crippen LogP contribution in [-0.2, 0) is 6.18 Å². The van der Waals surface area contributed by atoms with Gasteiger partial charge < -0.3 is 4.90 Å². The van der Waals surface area contributed by atoms with Gasteiger partial charge in [0, 0.05) is 12.6 Å². The summed E-state index contributed by atoms with van der Waals surface area (Å²) in [7, 11) is 0. The second kappa shape index (κ2) is 5.25. The highest BCUT2D eigenvalue weighted by Crippen LogP contribution is 2.41. The Bertz CT molecular complexity index is 574. The summed E-state index contributed by atoms with van der Waals surface area (Å²) in [6.07, 6.45) is 1.37. The zero-order valence-corrected chi connectivity index (χ0v) is 11.7. The lowest BCUT2D eigenvalue weighted by Gasteiger charge is -2.33. The standard InChI is InChI=1S/C16H17F3N2/c17-16(18,19)13-5-6-15(12(9-13)10-20)21-8-7-11-3-1-2-4-14(11)21/h5-6,9,11,14H,1-4,7-8H2. The molecule has 1 heterocycles. The Balaban J connectivity index is 1.94. The quantitative estimate of drug-likeness (QED) is 0.770. The molecule has 1 aromatic rings. The minimum atomic E-state index is -4.40. The van der Waals surface area contributed by atoms with Crippen molar-refractivity contribution < 1.29 is 13.2 Å². The van der Waals surface area contributed by atoms with E-state index in [-0.39, 0.29) is 5.56 Å². The first-order chi connectivity index (χ1) is 10.0. The first-order valence-electron chi connectivity index (χ1n) is 7.38. The van der Waals surface area contributed by atoms with E-state index < -0.39 is 11.7 Å². The predicted octanol–water partition coefficient (Wildman–Crippen LogP) is 4.35. The molecular formula is C16H17F3N2. The molecule has 0 N–H and O–H groups in total. The molecule has 0 spiro atoms. The number of alkyl halides is 3. The Kier molecular flexibility index (Phi) is 3.56. The zero-order chi connectivity index (χ0) is 15.0. The molecular weight excluding hydrogens is 277 g/mol. The Morgan fingerprint density at radius 1 is 1.14 bits per heavy atom. The Morgan fingerprint density at radius 2 is 1.90 bits per heavy atom. The van der Waals surface area contributed by atoms with Gasteiger partial charge in [0.25, 0.3) is 0 Å². The monoisotopic (exact) mass is 294 g/mol. The molecule has 1 aliphatic carbocycles. The average molecular weight is 294 g/mol. The highest BCUT2D eigenvalue weighted by Gasteiger charge is 2.37. The van der Waals surface area contributed by atoms with E-state index in [9.17, 15) is 18.4 Å². The van der Waals surface area contributed by atoms with Crippen LogP contribution in [0.1, 0.15) is 43.2 Å². The summed E-state index contributed by atoms with van der Waals surface area (Å²) in [6.45, 7) is 0.843. The van der Waals surface area contributed by atoms with Crippen LogP contribution in [0.2, 0.25) is 0 Å². The first kappa shape index (κ1) is 14.2. The lowest BCUT2D eigenvalue weighted by molar-refractivity contribution is -0.137. The lowest BCUT2D eigenvalue weighted by Crippen LogP contribution is -2.35. The van der Waals surface area contributed by atoms with Gasteiger partial charge in [-0.2, -0.15) is 18.4 Å². The largest absolute Gasteiger partial charge is 0.416 e. The number of hydrogen-bond donors (Lipinski definition) is 0. The topological polar surface area (TPSA) is 27.0 Å². The summed E-state index contributed by atoms with van der Waals surface area (Å²) < 4.78 is 38.3. The van der Waals surface area contributed by atoms with Crippen LogP contribution in [0.25, 0.3) is 0 Å². The fourth-order valence-electron chi connectivity index (χ4n) is 3.76. The van der Waals surface area contributed by atoms with Crippen molar-refractivity contribution in [2.24, 2.45) is 5.92 Å². The minimum absolute atomic E-state index is 0.135. The van der Waals surface area contributed by atoms with Crippen molar-refractivity contribution >= 4 is 5.69 Å². The molecule has 112 valence electrons. The fraction of sp³-hybridized carbons (Fsp3) is 0.562. The van der Waals surface area contributed by atoms with E-state index in [0.717, 1.165) is 31.5 Å². The summed E-state index contributed by atoms with van der Waals surface area (Å²) in [5, 5.41) is 9.22. The van der Waals surface area contributed by atoms with Crippen molar-refractivity contribution in [2.75, 3.05) is 11.4 Å². The maximum Gasteiger partial charge on any atom is 0.416 e. The van der Waals surface area contributed by atoms with Gasteiger partial charge in [0.2, 0.25) is 0 Å². The zero-order valence-electron chi connectivity index (χ0n) is 11.7. The van der Waals surface area contributed by atoms with Crippen LogP contribution < -0.4 is 4.90 Å². The minimum Gasteiger partial charge on any atom is -0.367 e. The maximum atomic E-state index is 12.8. The number of nitrogens with zero attached hydrogens (tertiary/aromatic N) is 2. The molecule has 2 fully saturated rings. The van der Waals surface area contributed by atoms with Crippen molar-refractivity contribution in [3.05, 3.63) is 29.3 Å². The van der Waals surface area contributed by atoms with Gasteiger partial charge in [-0.25, -0.2) is 0 Å². The molecule has 0 bridgehead atoms. The van der Waals surface area contributed by atoms with Crippen LogP contribution in [0.4, 0.5) is 18.9 Å². The Labute approximate surface area is 122 Å². The van der Waals surface area contributed by atoms with Gasteiger partial charge >= 0.3 is 6.18 Å². The molecule has 3 rings (SSSR count). The van der Waals surface area contributed by atoms with Crippen LogP contribution in [0, 0.1) is 17.2 Å². The van der Waals surface area contributed by atoms with Crippen LogP contribution >= 0.6 is 0 Å². The molecule has 0 aromatic heterocycles. The molecule has 2 aliphatic rings. The number of rotatable bonds is 1. The van der Waals surface area contributed by atoms with Crippen molar-refractivity contribution in [2.45, 2.75) is 44.3 Å². The molecule has 1 aliphatic heterocycles. The number of halogens is 3. The van der Waals surface area contributed by atoms with Gasteiger partial charge in [0.05, 0.1) is 16.8 Å². The SMILES string of the molecule is N#Cc1cc(C(F)(F)F)ccc1N1CCC2CCCCC21. The third kappa shape index (κ3) is 2.59. The van der Waals surface area contributed by atoms with Gasteiger partial charge in [0.1, 0.15) is 6.07 Å². The summed E-state index contributed by atoms with van der Waals surface area (Å²) in [5.41, 5.74) is 0.0538. The maximum absolute atomic E-state index is 12.8.